The zero-order chi connectivity index (χ0) is 23.8. The average Bonchev–Trinajstić information content (AvgIpc) is 3.49. The summed E-state index contributed by atoms with van der Waals surface area (Å²) in [6, 6.07) is 7.39. The van der Waals surface area contributed by atoms with E-state index in [4.69, 9.17) is 16.0 Å². The Bertz CT molecular complexity index is 1340. The summed E-state index contributed by atoms with van der Waals surface area (Å²) in [5.74, 6) is -2.84. The maximum Gasteiger partial charge on any atom is 0.295 e. The van der Waals surface area contributed by atoms with Crippen molar-refractivity contribution in [1.82, 2.24) is 24.9 Å². The van der Waals surface area contributed by atoms with Crippen LogP contribution >= 0.6 is 11.6 Å². The van der Waals surface area contributed by atoms with Gasteiger partial charge in [-0.3, -0.25) is 4.79 Å². The molecule has 0 bridgehead atoms. The molecular weight excluding hydrogens is 466 g/mol. The number of nitrogens with one attached hydrogen (secondary N) is 1. The number of amides is 1. The van der Waals surface area contributed by atoms with Crippen LogP contribution in [0.3, 0.4) is 0 Å². The van der Waals surface area contributed by atoms with Crippen LogP contribution in [0.2, 0.25) is 5.02 Å². The Kier molecular flexibility index (Phi) is 5.91. The highest BCUT2D eigenvalue weighted by Crippen LogP contribution is 2.29. The van der Waals surface area contributed by atoms with Gasteiger partial charge in [0, 0.05) is 18.1 Å². The summed E-state index contributed by atoms with van der Waals surface area (Å²) >= 11 is 6.02. The van der Waals surface area contributed by atoms with Crippen LogP contribution in [-0.2, 0) is 0 Å². The van der Waals surface area contributed by atoms with E-state index < -0.39 is 23.1 Å². The van der Waals surface area contributed by atoms with Crippen LogP contribution < -0.4 is 5.32 Å². The number of fused-ring (bicyclic) bond motifs is 1. The second kappa shape index (κ2) is 9.02. The molecule has 2 aromatic carbocycles. The third kappa shape index (κ3) is 4.09. The van der Waals surface area contributed by atoms with Crippen molar-refractivity contribution in [3.63, 3.8) is 0 Å². The Morgan fingerprint density at radius 2 is 2.03 bits per heavy atom. The van der Waals surface area contributed by atoms with Gasteiger partial charge in [-0.05, 0) is 49.1 Å². The van der Waals surface area contributed by atoms with Crippen LogP contribution in [0.5, 0.6) is 0 Å². The van der Waals surface area contributed by atoms with Crippen LogP contribution in [0.25, 0.3) is 16.8 Å². The molecule has 2 atom stereocenters. The van der Waals surface area contributed by atoms with Crippen molar-refractivity contribution in [1.29, 1.82) is 0 Å². The molecule has 0 spiro atoms. The number of piperidine rings is 1. The molecule has 0 saturated carbocycles. The Labute approximate surface area is 198 Å². The van der Waals surface area contributed by atoms with E-state index in [0.717, 1.165) is 23.7 Å². The van der Waals surface area contributed by atoms with Crippen LogP contribution in [-0.4, -0.2) is 49.9 Å². The van der Waals surface area contributed by atoms with Crippen molar-refractivity contribution in [2.24, 2.45) is 5.92 Å². The lowest BCUT2D eigenvalue weighted by Gasteiger charge is -2.40. The Hall–Kier alpha value is -3.53. The minimum absolute atomic E-state index is 0.0784. The van der Waals surface area contributed by atoms with Crippen molar-refractivity contribution < 1.29 is 18.0 Å². The van der Waals surface area contributed by atoms with Crippen molar-refractivity contribution in [2.45, 2.75) is 25.8 Å². The van der Waals surface area contributed by atoms with E-state index in [1.807, 2.05) is 6.92 Å². The van der Waals surface area contributed by atoms with Crippen molar-refractivity contribution in [2.75, 3.05) is 18.4 Å². The van der Waals surface area contributed by atoms with E-state index in [2.05, 4.69) is 20.5 Å². The standard InChI is InChI=1S/C23H21ClF2N6O2/c1-13-3-2-10-31(18(13)12-27-23-30-16-11-14(24)4-7-19(16)34-23)22(33)20-17(32-28-8-9-29-32)6-5-15(25)21(20)26/h4-9,11,13,18H,2-3,10,12H2,1H3,(H,27,30)/t13-,18-/m1/s1. The van der Waals surface area contributed by atoms with Gasteiger partial charge in [-0.1, -0.05) is 18.5 Å². The number of halogens is 3. The summed E-state index contributed by atoms with van der Waals surface area (Å²) in [4.78, 5) is 20.7. The number of carbonyl (C=O) groups excluding carboxylic acids is 1. The van der Waals surface area contributed by atoms with Gasteiger partial charge in [-0.25, -0.2) is 8.78 Å². The normalized spacial score (nSPS) is 18.4. The predicted molar refractivity (Wildman–Crippen MR) is 122 cm³/mol. The number of rotatable bonds is 5. The molecule has 0 aliphatic carbocycles. The summed E-state index contributed by atoms with van der Waals surface area (Å²) in [5, 5.41) is 11.7. The molecule has 2 aromatic heterocycles. The number of likely N-dealkylation sites (tertiary alicyclic amines) is 1. The number of hydrogen-bond acceptors (Lipinski definition) is 6. The van der Waals surface area contributed by atoms with Crippen LogP contribution in [0.15, 0.2) is 47.1 Å². The maximum atomic E-state index is 14.9. The molecule has 1 aliphatic rings. The lowest BCUT2D eigenvalue weighted by molar-refractivity contribution is 0.0533. The highest BCUT2D eigenvalue weighted by atomic mass is 35.5. The van der Waals surface area contributed by atoms with Crippen LogP contribution in [0, 0.1) is 17.6 Å². The van der Waals surface area contributed by atoms with E-state index in [-0.39, 0.29) is 17.6 Å². The third-order valence-electron chi connectivity index (χ3n) is 6.11. The summed E-state index contributed by atoms with van der Waals surface area (Å²) in [5.41, 5.74) is 0.869. The lowest BCUT2D eigenvalue weighted by atomic mass is 9.90. The topological polar surface area (TPSA) is 89.1 Å². The molecule has 176 valence electrons. The molecule has 1 amide bonds. The van der Waals surface area contributed by atoms with E-state index in [9.17, 15) is 13.6 Å². The molecule has 3 heterocycles. The fraction of sp³-hybridized carbons (Fsp3) is 0.304. The predicted octanol–water partition coefficient (Wildman–Crippen LogP) is 4.69. The van der Waals surface area contributed by atoms with Gasteiger partial charge in [-0.2, -0.15) is 20.0 Å². The van der Waals surface area contributed by atoms with E-state index in [0.29, 0.717) is 35.2 Å². The smallest absolute Gasteiger partial charge is 0.295 e. The van der Waals surface area contributed by atoms with Crippen LogP contribution in [0.4, 0.5) is 14.8 Å². The van der Waals surface area contributed by atoms with Gasteiger partial charge >= 0.3 is 0 Å². The van der Waals surface area contributed by atoms with E-state index in [1.165, 1.54) is 18.5 Å². The first-order chi connectivity index (χ1) is 16.4. The van der Waals surface area contributed by atoms with Crippen LogP contribution in [0.1, 0.15) is 30.1 Å². The molecule has 0 radical (unpaired) electrons. The van der Waals surface area contributed by atoms with E-state index in [1.54, 1.807) is 23.1 Å². The Morgan fingerprint density at radius 3 is 2.82 bits per heavy atom. The summed E-state index contributed by atoms with van der Waals surface area (Å²) in [7, 11) is 0. The quantitative estimate of drug-likeness (QED) is 0.440. The number of carbonyl (C=O) groups is 1. The summed E-state index contributed by atoms with van der Waals surface area (Å²) < 4.78 is 34.8. The van der Waals surface area contributed by atoms with Gasteiger partial charge in [0.2, 0.25) is 0 Å². The monoisotopic (exact) mass is 486 g/mol. The molecule has 1 aliphatic heterocycles. The van der Waals surface area contributed by atoms with Gasteiger partial charge in [0.05, 0.1) is 18.4 Å². The van der Waals surface area contributed by atoms with Crippen molar-refractivity contribution in [3.05, 3.63) is 64.9 Å². The minimum Gasteiger partial charge on any atom is -0.424 e. The number of anilines is 1. The fourth-order valence-electron chi connectivity index (χ4n) is 4.37. The van der Waals surface area contributed by atoms with Gasteiger partial charge < -0.3 is 14.6 Å². The number of nitrogens with zero attached hydrogens (tertiary/aromatic N) is 5. The summed E-state index contributed by atoms with van der Waals surface area (Å²) in [6.45, 7) is 2.75. The highest BCUT2D eigenvalue weighted by molar-refractivity contribution is 6.31. The second-order valence-corrected chi connectivity index (χ2v) is 8.71. The fourth-order valence-corrected chi connectivity index (χ4v) is 4.54. The molecular formula is C23H21ClF2N6O2. The highest BCUT2D eigenvalue weighted by Gasteiger charge is 2.35. The third-order valence-corrected chi connectivity index (χ3v) is 6.34. The molecule has 1 saturated heterocycles. The molecule has 0 unspecified atom stereocenters. The molecule has 4 aromatic rings. The molecule has 5 rings (SSSR count). The Balaban J connectivity index is 1.44. The lowest BCUT2D eigenvalue weighted by Crippen LogP contribution is -2.51. The Morgan fingerprint density at radius 1 is 1.24 bits per heavy atom. The first-order valence-corrected chi connectivity index (χ1v) is 11.3. The molecule has 1 N–H and O–H groups in total. The van der Waals surface area contributed by atoms with Gasteiger partial charge in [0.25, 0.3) is 11.9 Å². The first-order valence-electron chi connectivity index (χ1n) is 10.9. The van der Waals surface area contributed by atoms with E-state index >= 15 is 0 Å². The summed E-state index contributed by atoms with van der Waals surface area (Å²) in [6.07, 6.45) is 4.44. The van der Waals surface area contributed by atoms with Crippen molar-refractivity contribution >= 4 is 34.6 Å². The van der Waals surface area contributed by atoms with Crippen molar-refractivity contribution in [3.8, 4) is 5.69 Å². The maximum absolute atomic E-state index is 14.9. The largest absolute Gasteiger partial charge is 0.424 e. The number of oxazole rings is 1. The van der Waals surface area contributed by atoms with Gasteiger partial charge in [0.15, 0.2) is 17.2 Å². The molecule has 1 fully saturated rings. The molecule has 8 nitrogen and oxygen atoms in total. The zero-order valence-corrected chi connectivity index (χ0v) is 19.0. The molecule has 11 heteroatoms. The minimum atomic E-state index is -1.22. The average molecular weight is 487 g/mol. The number of benzene rings is 2. The van der Waals surface area contributed by atoms with Gasteiger partial charge in [-0.15, -0.1) is 0 Å². The first kappa shape index (κ1) is 22.3. The SMILES string of the molecule is C[C@@H]1CCCN(C(=O)c2c(-n3nccn3)ccc(F)c2F)[C@@H]1CNc1nc2cc(Cl)ccc2o1. The van der Waals surface area contributed by atoms with Gasteiger partial charge in [0.1, 0.15) is 16.8 Å². The number of hydrogen-bond donors (Lipinski definition) is 1. The number of aromatic nitrogens is 4. The zero-order valence-electron chi connectivity index (χ0n) is 18.2. The second-order valence-electron chi connectivity index (χ2n) is 8.27. The molecule has 34 heavy (non-hydrogen) atoms.